The van der Waals surface area contributed by atoms with Gasteiger partial charge in [0.2, 0.25) is 0 Å². The summed E-state index contributed by atoms with van der Waals surface area (Å²) >= 11 is 0. The molecule has 0 aliphatic carbocycles. The monoisotopic (exact) mass is 200 g/mol. The van der Waals surface area contributed by atoms with Gasteiger partial charge in [0.25, 0.3) is 0 Å². The molecule has 2 heteroatoms. The molecule has 0 saturated carbocycles. The van der Waals surface area contributed by atoms with E-state index in [-0.39, 0.29) is 32.2 Å². The van der Waals surface area contributed by atoms with Crippen molar-refractivity contribution in [2.45, 2.75) is 6.92 Å². The third-order valence-corrected chi connectivity index (χ3v) is 0.940. The van der Waals surface area contributed by atoms with Crippen molar-refractivity contribution in [1.29, 1.82) is 0 Å². The molecule has 0 spiro atoms. The summed E-state index contributed by atoms with van der Waals surface area (Å²) in [7, 11) is 0. The van der Waals surface area contributed by atoms with Crippen LogP contribution in [0.4, 0.5) is 0 Å². The minimum atomic E-state index is 0. The Morgan fingerprint density at radius 2 is 1.44 bits per heavy atom. The molecule has 0 bridgehead atoms. The first-order chi connectivity index (χ1) is 3.39. The van der Waals surface area contributed by atoms with Gasteiger partial charge in [0, 0.05) is 0 Å². The van der Waals surface area contributed by atoms with Crippen LogP contribution in [-0.4, -0.2) is 19.8 Å². The molecular formula is C7H12ClGa. The van der Waals surface area contributed by atoms with Crippen LogP contribution < -0.4 is 0 Å². The molecule has 50 valence electrons. The van der Waals surface area contributed by atoms with Crippen molar-refractivity contribution in [1.82, 2.24) is 0 Å². The summed E-state index contributed by atoms with van der Waals surface area (Å²) in [6.45, 7) is 2.08. The summed E-state index contributed by atoms with van der Waals surface area (Å²) < 4.78 is 0. The summed E-state index contributed by atoms with van der Waals surface area (Å²) in [5.74, 6) is 0. The molecule has 0 amide bonds. The van der Waals surface area contributed by atoms with Crippen LogP contribution in [-0.2, 0) is 0 Å². The van der Waals surface area contributed by atoms with Crippen molar-refractivity contribution < 1.29 is 0 Å². The molecule has 0 nitrogen and oxygen atoms in total. The zero-order chi connectivity index (χ0) is 5.11. The predicted molar refractivity (Wildman–Crippen MR) is 48.4 cm³/mol. The average molecular weight is 201 g/mol. The Labute approximate surface area is 75.1 Å². The fourth-order valence-corrected chi connectivity index (χ4v) is 0.534. The second-order valence-electron chi connectivity index (χ2n) is 1.65. The van der Waals surface area contributed by atoms with Crippen LogP contribution in [0.25, 0.3) is 0 Å². The SMILES string of the molecule is Cc1ccccc1.Cl.[GaH3]. The summed E-state index contributed by atoms with van der Waals surface area (Å²) in [6, 6.07) is 10.3. The number of benzene rings is 1. The molecule has 0 saturated heterocycles. The molecule has 9 heavy (non-hydrogen) atoms. The van der Waals surface area contributed by atoms with Crippen molar-refractivity contribution in [3.8, 4) is 0 Å². The van der Waals surface area contributed by atoms with E-state index in [0.717, 1.165) is 0 Å². The first-order valence-electron chi connectivity index (χ1n) is 2.41. The second kappa shape index (κ2) is 6.27. The number of aryl methyl sites for hydroxylation is 1. The van der Waals surface area contributed by atoms with Gasteiger partial charge in [0.1, 0.15) is 0 Å². The fourth-order valence-electron chi connectivity index (χ4n) is 0.534. The van der Waals surface area contributed by atoms with Crippen molar-refractivity contribution in [3.05, 3.63) is 35.9 Å². The minimum absolute atomic E-state index is 0. The van der Waals surface area contributed by atoms with Crippen molar-refractivity contribution in [2.75, 3.05) is 0 Å². The molecule has 0 aliphatic rings. The summed E-state index contributed by atoms with van der Waals surface area (Å²) in [6.07, 6.45) is 0. The number of hydrogen-bond acceptors (Lipinski definition) is 0. The van der Waals surface area contributed by atoms with Crippen LogP contribution in [0.3, 0.4) is 0 Å². The van der Waals surface area contributed by atoms with Gasteiger partial charge in [0.05, 0.1) is 0 Å². The topological polar surface area (TPSA) is 0 Å². The number of hydrogen-bond donors (Lipinski definition) is 0. The number of halogens is 1. The average Bonchev–Trinajstić information content (AvgIpc) is 1.69. The van der Waals surface area contributed by atoms with Crippen LogP contribution in [0.15, 0.2) is 30.3 Å². The number of rotatable bonds is 0. The molecule has 1 rings (SSSR count). The van der Waals surface area contributed by atoms with Crippen molar-refractivity contribution in [3.63, 3.8) is 0 Å². The van der Waals surface area contributed by atoms with Gasteiger partial charge in [-0.15, -0.1) is 12.4 Å². The molecule has 0 fully saturated rings. The van der Waals surface area contributed by atoms with E-state index in [0.29, 0.717) is 0 Å². The van der Waals surface area contributed by atoms with Gasteiger partial charge >= 0.3 is 19.8 Å². The molecule has 1 aromatic carbocycles. The molecule has 0 heterocycles. The Morgan fingerprint density at radius 1 is 1.00 bits per heavy atom. The van der Waals surface area contributed by atoms with Gasteiger partial charge in [-0.3, -0.25) is 0 Å². The molecule has 0 aromatic heterocycles. The van der Waals surface area contributed by atoms with Crippen molar-refractivity contribution in [2.24, 2.45) is 0 Å². The van der Waals surface area contributed by atoms with Crippen molar-refractivity contribution >= 4 is 32.2 Å². The zero-order valence-corrected chi connectivity index (χ0v) is 5.61. The molecule has 0 aliphatic heterocycles. The van der Waals surface area contributed by atoms with Crippen LogP contribution >= 0.6 is 12.4 Å². The van der Waals surface area contributed by atoms with E-state index in [1.54, 1.807) is 0 Å². The Morgan fingerprint density at radius 3 is 1.67 bits per heavy atom. The molecule has 0 atom stereocenters. The zero-order valence-electron chi connectivity index (χ0n) is 4.79. The predicted octanol–water partition coefficient (Wildman–Crippen LogP) is 1.23. The van der Waals surface area contributed by atoms with E-state index < -0.39 is 0 Å². The standard InChI is InChI=1S/C7H8.ClH.Ga.3H/c1-7-5-3-2-4-6-7;;;;;/h2-6H,1H3;1H;;;;. The summed E-state index contributed by atoms with van der Waals surface area (Å²) in [4.78, 5) is 0. The van der Waals surface area contributed by atoms with Crippen LogP contribution in [0, 0.1) is 6.92 Å². The van der Waals surface area contributed by atoms with Crippen LogP contribution in [0.2, 0.25) is 0 Å². The summed E-state index contributed by atoms with van der Waals surface area (Å²) in [5, 5.41) is 0. The first-order valence-corrected chi connectivity index (χ1v) is 2.41. The molecule has 1 aromatic rings. The maximum absolute atomic E-state index is 2.08. The third kappa shape index (κ3) is 4.64. The van der Waals surface area contributed by atoms with E-state index in [2.05, 4.69) is 19.1 Å². The van der Waals surface area contributed by atoms with Gasteiger partial charge in [-0.1, -0.05) is 35.9 Å². The van der Waals surface area contributed by atoms with Crippen LogP contribution in [0.5, 0.6) is 0 Å². The van der Waals surface area contributed by atoms with Gasteiger partial charge < -0.3 is 0 Å². The fraction of sp³-hybridized carbons (Fsp3) is 0.143. The second-order valence-corrected chi connectivity index (χ2v) is 1.65. The Bertz CT molecular complexity index is 139. The quantitative estimate of drug-likeness (QED) is 0.554. The summed E-state index contributed by atoms with van der Waals surface area (Å²) in [5.41, 5.74) is 1.32. The third-order valence-electron chi connectivity index (χ3n) is 0.940. The van der Waals surface area contributed by atoms with E-state index in [4.69, 9.17) is 0 Å². The normalized spacial score (nSPS) is 6.78. The molecule has 0 unspecified atom stereocenters. The van der Waals surface area contributed by atoms with E-state index in [1.165, 1.54) is 5.56 Å². The Kier molecular flexibility index (Phi) is 8.28. The van der Waals surface area contributed by atoms with E-state index >= 15 is 0 Å². The van der Waals surface area contributed by atoms with Gasteiger partial charge in [-0.2, -0.15) is 0 Å². The first kappa shape index (κ1) is 11.9. The Balaban J connectivity index is 0. The van der Waals surface area contributed by atoms with Gasteiger partial charge in [-0.05, 0) is 6.92 Å². The molecular weight excluding hydrogens is 189 g/mol. The van der Waals surface area contributed by atoms with Gasteiger partial charge in [0.15, 0.2) is 0 Å². The van der Waals surface area contributed by atoms with E-state index in [9.17, 15) is 0 Å². The molecule has 0 N–H and O–H groups in total. The Hall–Kier alpha value is 0.146. The van der Waals surface area contributed by atoms with Crippen LogP contribution in [0.1, 0.15) is 5.56 Å². The maximum atomic E-state index is 2.08. The van der Waals surface area contributed by atoms with Gasteiger partial charge in [-0.25, -0.2) is 0 Å². The van der Waals surface area contributed by atoms with E-state index in [1.807, 2.05) is 18.2 Å². The molecule has 0 radical (unpaired) electrons.